The largest absolute Gasteiger partial charge is 0.497 e. The Kier molecular flexibility index (Phi) is 11.0. The first kappa shape index (κ1) is 34.6. The molecule has 0 aromatic heterocycles. The zero-order chi connectivity index (χ0) is 34.4. The number of hydrogen-bond donors (Lipinski definition) is 0. The van der Waals surface area contributed by atoms with Crippen molar-refractivity contribution < 1.29 is 32.2 Å². The van der Waals surface area contributed by atoms with Crippen LogP contribution < -0.4 is 23.8 Å². The molecule has 1 fully saturated rings. The minimum atomic E-state index is -4.03. The SMILES string of the molecule is COc1ccc(CN(Cc2ccc(OC)cc2)S(=O)(=O)c2ccc3c(c2)N(C[C@@H]2CC[C@H]2C=O)CCCOc2cc(Cl)ccc2CO3)cc1. The quantitative estimate of drug-likeness (QED) is 0.152. The molecule has 2 aliphatic rings. The van der Waals surface area contributed by atoms with Crippen molar-refractivity contribution in [3.8, 4) is 23.0 Å². The van der Waals surface area contributed by atoms with Gasteiger partial charge in [-0.15, -0.1) is 0 Å². The Morgan fingerprint density at radius 2 is 1.53 bits per heavy atom. The second-order valence-electron chi connectivity index (χ2n) is 12.4. The van der Waals surface area contributed by atoms with Gasteiger partial charge in [0, 0.05) is 42.7 Å². The summed E-state index contributed by atoms with van der Waals surface area (Å²) in [5, 5.41) is 0.573. The van der Waals surface area contributed by atoms with Crippen LogP contribution in [0.4, 0.5) is 5.69 Å². The Bertz CT molecular complexity index is 1800. The minimum Gasteiger partial charge on any atom is -0.497 e. The summed E-state index contributed by atoms with van der Waals surface area (Å²) in [6.07, 6.45) is 3.51. The smallest absolute Gasteiger partial charge is 0.243 e. The van der Waals surface area contributed by atoms with E-state index < -0.39 is 10.0 Å². The first-order valence-electron chi connectivity index (χ1n) is 16.4. The molecule has 49 heavy (non-hydrogen) atoms. The summed E-state index contributed by atoms with van der Waals surface area (Å²) in [7, 11) is -0.832. The van der Waals surface area contributed by atoms with E-state index >= 15 is 0 Å². The maximum atomic E-state index is 14.6. The molecule has 258 valence electrons. The summed E-state index contributed by atoms with van der Waals surface area (Å²) >= 11 is 6.27. The van der Waals surface area contributed by atoms with E-state index in [9.17, 15) is 13.2 Å². The molecular weight excluding hydrogens is 664 g/mol. The van der Waals surface area contributed by atoms with Gasteiger partial charge >= 0.3 is 0 Å². The Hall–Kier alpha value is -4.25. The van der Waals surface area contributed by atoms with Crippen LogP contribution in [0.15, 0.2) is 89.8 Å². The van der Waals surface area contributed by atoms with Crippen molar-refractivity contribution in [3.63, 3.8) is 0 Å². The molecule has 4 aromatic rings. The summed E-state index contributed by atoms with van der Waals surface area (Å²) in [5.74, 6) is 2.76. The van der Waals surface area contributed by atoms with Gasteiger partial charge < -0.3 is 28.6 Å². The maximum Gasteiger partial charge on any atom is 0.243 e. The highest BCUT2D eigenvalue weighted by atomic mass is 35.5. The second-order valence-corrected chi connectivity index (χ2v) is 14.8. The molecule has 1 saturated carbocycles. The summed E-state index contributed by atoms with van der Waals surface area (Å²) in [6.45, 7) is 2.13. The van der Waals surface area contributed by atoms with E-state index in [-0.39, 0.29) is 36.4 Å². The lowest BCUT2D eigenvalue weighted by atomic mass is 9.74. The fourth-order valence-corrected chi connectivity index (χ4v) is 7.84. The number of ether oxygens (including phenoxy) is 4. The van der Waals surface area contributed by atoms with E-state index in [1.807, 2.05) is 54.6 Å². The summed E-state index contributed by atoms with van der Waals surface area (Å²) in [6, 6.07) is 25.3. The minimum absolute atomic E-state index is 0.0124. The maximum absolute atomic E-state index is 14.6. The number of rotatable bonds is 11. The highest BCUT2D eigenvalue weighted by molar-refractivity contribution is 7.89. The molecule has 0 spiro atoms. The summed E-state index contributed by atoms with van der Waals surface area (Å²) in [4.78, 5) is 14.1. The van der Waals surface area contributed by atoms with E-state index in [2.05, 4.69) is 4.90 Å². The topological polar surface area (TPSA) is 94.6 Å². The van der Waals surface area contributed by atoms with Gasteiger partial charge in [0.2, 0.25) is 10.0 Å². The lowest BCUT2D eigenvalue weighted by molar-refractivity contribution is -0.115. The normalized spacial score (nSPS) is 17.8. The van der Waals surface area contributed by atoms with Crippen LogP contribution in [0.3, 0.4) is 0 Å². The molecule has 0 radical (unpaired) electrons. The number of methoxy groups -OCH3 is 2. The molecule has 9 nitrogen and oxygen atoms in total. The monoisotopic (exact) mass is 704 g/mol. The molecule has 1 aliphatic carbocycles. The lowest BCUT2D eigenvalue weighted by Gasteiger charge is -2.38. The van der Waals surface area contributed by atoms with Crippen LogP contribution >= 0.6 is 11.6 Å². The van der Waals surface area contributed by atoms with Crippen molar-refractivity contribution in [2.24, 2.45) is 11.8 Å². The molecule has 0 bridgehead atoms. The second kappa shape index (κ2) is 15.5. The highest BCUT2D eigenvalue weighted by Crippen LogP contribution is 2.39. The number of carbonyl (C=O) groups excluding carboxylic acids is 1. The van der Waals surface area contributed by atoms with Gasteiger partial charge in [-0.3, -0.25) is 0 Å². The number of anilines is 1. The van der Waals surface area contributed by atoms with Gasteiger partial charge in [0.1, 0.15) is 35.9 Å². The van der Waals surface area contributed by atoms with E-state index in [4.69, 9.17) is 30.5 Å². The number of benzene rings is 4. The number of sulfonamides is 1. The molecule has 1 aliphatic heterocycles. The average Bonchev–Trinajstić information content (AvgIpc) is 3.13. The Morgan fingerprint density at radius 3 is 2.12 bits per heavy atom. The predicted octanol–water partition coefficient (Wildman–Crippen LogP) is 7.14. The third-order valence-electron chi connectivity index (χ3n) is 9.29. The fourth-order valence-electron chi connectivity index (χ4n) is 6.24. The number of nitrogens with zero attached hydrogens (tertiary/aromatic N) is 2. The highest BCUT2D eigenvalue weighted by Gasteiger charge is 2.33. The van der Waals surface area contributed by atoms with Crippen molar-refractivity contribution in [1.82, 2.24) is 4.31 Å². The first-order chi connectivity index (χ1) is 23.8. The summed E-state index contributed by atoms with van der Waals surface area (Å²) < 4.78 is 53.9. The van der Waals surface area contributed by atoms with Crippen molar-refractivity contribution >= 4 is 33.6 Å². The number of carbonyl (C=O) groups is 1. The van der Waals surface area contributed by atoms with Gasteiger partial charge in [0.25, 0.3) is 0 Å². The number of fused-ring (bicyclic) bond motifs is 2. The van der Waals surface area contributed by atoms with Crippen molar-refractivity contribution in [2.45, 2.75) is 43.9 Å². The fraction of sp³-hybridized carbons (Fsp3) is 0.342. The Balaban J connectivity index is 1.38. The predicted molar refractivity (Wildman–Crippen MR) is 189 cm³/mol. The molecule has 6 rings (SSSR count). The van der Waals surface area contributed by atoms with E-state index in [0.29, 0.717) is 59.8 Å². The third-order valence-corrected chi connectivity index (χ3v) is 11.3. The van der Waals surface area contributed by atoms with Gasteiger partial charge in [-0.1, -0.05) is 41.9 Å². The molecule has 0 unspecified atom stereocenters. The zero-order valence-electron chi connectivity index (χ0n) is 27.7. The van der Waals surface area contributed by atoms with E-state index in [0.717, 1.165) is 35.8 Å². The van der Waals surface area contributed by atoms with Gasteiger partial charge in [-0.25, -0.2) is 8.42 Å². The molecule has 11 heteroatoms. The lowest BCUT2D eigenvalue weighted by Crippen LogP contribution is -2.40. The molecule has 1 heterocycles. The Labute approximate surface area is 293 Å². The van der Waals surface area contributed by atoms with Crippen LogP contribution in [0, 0.1) is 11.8 Å². The molecule has 2 atom stereocenters. The standard InChI is InChI=1S/C38H41ClN2O7S/c1-45-33-12-4-27(5-13-33)22-41(23-28-6-14-34(46-2)15-7-28)49(43,44)35-16-17-37-36(21-35)40(24-29-8-9-30(29)25-42)18-3-19-47-38-20-32(39)11-10-31(38)26-48-37/h4-7,10-17,20-21,25,29-30H,3,8-9,18-19,22-24,26H2,1-2H3/t29-,30-/m0/s1. The van der Waals surface area contributed by atoms with E-state index in [1.54, 1.807) is 44.6 Å². The molecule has 4 aromatic carbocycles. The van der Waals surface area contributed by atoms with Crippen LogP contribution in [0.1, 0.15) is 36.0 Å². The molecule has 0 N–H and O–H groups in total. The van der Waals surface area contributed by atoms with Crippen molar-refractivity contribution in [1.29, 1.82) is 0 Å². The van der Waals surface area contributed by atoms with Crippen LogP contribution in [-0.4, -0.2) is 52.9 Å². The molecular formula is C38H41ClN2O7S. The number of hydrogen-bond acceptors (Lipinski definition) is 8. The zero-order valence-corrected chi connectivity index (χ0v) is 29.3. The van der Waals surface area contributed by atoms with Crippen molar-refractivity contribution in [2.75, 3.05) is 38.8 Å². The number of aldehydes is 1. The van der Waals surface area contributed by atoms with Gasteiger partial charge in [0.15, 0.2) is 0 Å². The number of halogens is 1. The van der Waals surface area contributed by atoms with Crippen LogP contribution in [0.25, 0.3) is 0 Å². The van der Waals surface area contributed by atoms with Gasteiger partial charge in [-0.05, 0) is 90.9 Å². The van der Waals surface area contributed by atoms with Gasteiger partial charge in [0.05, 0.1) is 31.4 Å². The van der Waals surface area contributed by atoms with Crippen LogP contribution in [0.2, 0.25) is 5.02 Å². The molecule has 0 saturated heterocycles. The van der Waals surface area contributed by atoms with Gasteiger partial charge in [-0.2, -0.15) is 4.31 Å². The molecule has 0 amide bonds. The van der Waals surface area contributed by atoms with Crippen molar-refractivity contribution in [3.05, 3.63) is 107 Å². The average molecular weight is 705 g/mol. The Morgan fingerprint density at radius 1 is 0.857 bits per heavy atom. The third kappa shape index (κ3) is 8.15. The van der Waals surface area contributed by atoms with Crippen LogP contribution in [-0.2, 0) is 34.5 Å². The van der Waals surface area contributed by atoms with Crippen LogP contribution in [0.5, 0.6) is 23.0 Å². The van der Waals surface area contributed by atoms with E-state index in [1.165, 1.54) is 4.31 Å². The first-order valence-corrected chi connectivity index (χ1v) is 18.2. The summed E-state index contributed by atoms with van der Waals surface area (Å²) in [5.41, 5.74) is 3.15.